The molecule has 0 amide bonds. The molecule has 0 radical (unpaired) electrons. The number of carbonyl (C=O) groups excluding carboxylic acids is 1. The second-order valence-corrected chi connectivity index (χ2v) is 4.89. The van der Waals surface area contributed by atoms with Crippen LogP contribution in [0, 0.1) is 11.8 Å². The summed E-state index contributed by atoms with van der Waals surface area (Å²) < 4.78 is 0. The molecule has 2 rings (SSSR count). The molecule has 0 bridgehead atoms. The van der Waals surface area contributed by atoms with E-state index in [0.29, 0.717) is 17.8 Å². The summed E-state index contributed by atoms with van der Waals surface area (Å²) in [6, 6.07) is 10.8. The molecular formula is C17H26O. The van der Waals surface area contributed by atoms with Gasteiger partial charge in [-0.3, -0.25) is 0 Å². The highest BCUT2D eigenvalue weighted by Crippen LogP contribution is 2.41. The van der Waals surface area contributed by atoms with E-state index in [1.54, 1.807) is 0 Å². The second-order valence-electron chi connectivity index (χ2n) is 4.89. The van der Waals surface area contributed by atoms with Gasteiger partial charge in [0.15, 0.2) is 0 Å². The van der Waals surface area contributed by atoms with E-state index in [1.807, 2.05) is 13.8 Å². The van der Waals surface area contributed by atoms with Crippen LogP contribution in [0.1, 0.15) is 57.9 Å². The fourth-order valence-electron chi connectivity index (χ4n) is 3.01. The zero-order chi connectivity index (χ0) is 13.4. The summed E-state index contributed by atoms with van der Waals surface area (Å²) in [5.41, 5.74) is 1.46. The van der Waals surface area contributed by atoms with Crippen LogP contribution >= 0.6 is 0 Å². The summed E-state index contributed by atoms with van der Waals surface area (Å²) in [5, 5.41) is 0. The third-order valence-electron chi connectivity index (χ3n) is 3.97. The minimum Gasteiger partial charge on any atom is -0.303 e. The molecule has 0 saturated heterocycles. The van der Waals surface area contributed by atoms with Crippen LogP contribution in [0.2, 0.25) is 0 Å². The molecule has 100 valence electrons. The number of aldehydes is 1. The largest absolute Gasteiger partial charge is 0.303 e. The lowest BCUT2D eigenvalue weighted by Gasteiger charge is -2.34. The van der Waals surface area contributed by atoms with E-state index in [1.165, 1.54) is 18.4 Å². The number of rotatable bonds is 3. The van der Waals surface area contributed by atoms with E-state index in [-0.39, 0.29) is 0 Å². The van der Waals surface area contributed by atoms with Gasteiger partial charge in [-0.05, 0) is 36.7 Å². The maximum atomic E-state index is 10.9. The van der Waals surface area contributed by atoms with Gasteiger partial charge in [0, 0.05) is 5.92 Å². The fraction of sp³-hybridized carbons (Fsp3) is 0.588. The number of benzene rings is 1. The highest BCUT2D eigenvalue weighted by molar-refractivity contribution is 5.53. The first-order valence-electron chi connectivity index (χ1n) is 7.35. The van der Waals surface area contributed by atoms with Crippen LogP contribution in [0.3, 0.4) is 0 Å². The molecule has 0 aliphatic heterocycles. The Morgan fingerprint density at radius 3 is 2.39 bits per heavy atom. The van der Waals surface area contributed by atoms with Crippen LogP contribution in [-0.2, 0) is 4.79 Å². The summed E-state index contributed by atoms with van der Waals surface area (Å²) >= 11 is 0. The van der Waals surface area contributed by atoms with Gasteiger partial charge in [0.05, 0.1) is 0 Å². The lowest BCUT2D eigenvalue weighted by molar-refractivity contribution is -0.112. The molecule has 3 unspecified atom stereocenters. The lowest BCUT2D eigenvalue weighted by Crippen LogP contribution is -2.23. The van der Waals surface area contributed by atoms with E-state index in [0.717, 1.165) is 19.1 Å². The first-order chi connectivity index (χ1) is 8.85. The van der Waals surface area contributed by atoms with Gasteiger partial charge in [-0.25, -0.2) is 0 Å². The molecule has 1 nitrogen and oxygen atoms in total. The van der Waals surface area contributed by atoms with Crippen LogP contribution < -0.4 is 0 Å². The van der Waals surface area contributed by atoms with Crippen LogP contribution in [-0.4, -0.2) is 6.29 Å². The predicted molar refractivity (Wildman–Crippen MR) is 77.7 cm³/mol. The SMILES string of the molecule is CC.CCC1CC(C=O)CCC1c1ccccc1. The molecule has 3 atom stereocenters. The fourth-order valence-corrected chi connectivity index (χ4v) is 3.01. The van der Waals surface area contributed by atoms with Crippen molar-refractivity contribution in [3.63, 3.8) is 0 Å². The Labute approximate surface area is 112 Å². The Balaban J connectivity index is 0.000000771. The Hall–Kier alpha value is -1.11. The molecule has 0 aromatic heterocycles. The molecule has 0 heterocycles. The Morgan fingerprint density at radius 1 is 1.17 bits per heavy atom. The molecular weight excluding hydrogens is 220 g/mol. The van der Waals surface area contributed by atoms with Crippen molar-refractivity contribution in [1.29, 1.82) is 0 Å². The Bertz CT molecular complexity index is 331. The molecule has 18 heavy (non-hydrogen) atoms. The highest BCUT2D eigenvalue weighted by Gasteiger charge is 2.29. The Kier molecular flexibility index (Phi) is 6.70. The first kappa shape index (κ1) is 14.9. The standard InChI is InChI=1S/C15H20O.C2H6/c1-2-13-10-12(11-16)8-9-15(13)14-6-4-3-5-7-14;1-2/h3-7,11-13,15H,2,8-10H2,1H3;1-2H3. The van der Waals surface area contributed by atoms with Gasteiger partial charge in [0.2, 0.25) is 0 Å². The highest BCUT2D eigenvalue weighted by atomic mass is 16.1. The Morgan fingerprint density at radius 2 is 1.83 bits per heavy atom. The maximum absolute atomic E-state index is 10.9. The molecule has 0 spiro atoms. The summed E-state index contributed by atoms with van der Waals surface area (Å²) in [6.07, 6.45) is 5.67. The summed E-state index contributed by atoms with van der Waals surface area (Å²) in [4.78, 5) is 10.9. The summed E-state index contributed by atoms with van der Waals surface area (Å²) in [7, 11) is 0. The minimum absolute atomic E-state index is 0.310. The third-order valence-corrected chi connectivity index (χ3v) is 3.97. The average molecular weight is 246 g/mol. The monoisotopic (exact) mass is 246 g/mol. The van der Waals surface area contributed by atoms with Gasteiger partial charge in [-0.15, -0.1) is 0 Å². The van der Waals surface area contributed by atoms with Crippen molar-refractivity contribution in [2.24, 2.45) is 11.8 Å². The zero-order valence-corrected chi connectivity index (χ0v) is 11.9. The summed E-state index contributed by atoms with van der Waals surface area (Å²) in [6.45, 7) is 6.24. The van der Waals surface area contributed by atoms with Crippen LogP contribution in [0.15, 0.2) is 30.3 Å². The third kappa shape index (κ3) is 3.69. The zero-order valence-electron chi connectivity index (χ0n) is 11.9. The van der Waals surface area contributed by atoms with Gasteiger partial charge in [-0.2, -0.15) is 0 Å². The van der Waals surface area contributed by atoms with Gasteiger partial charge in [0.25, 0.3) is 0 Å². The van der Waals surface area contributed by atoms with Gasteiger partial charge >= 0.3 is 0 Å². The van der Waals surface area contributed by atoms with Crippen molar-refractivity contribution >= 4 is 6.29 Å². The molecule has 1 fully saturated rings. The van der Waals surface area contributed by atoms with E-state index in [9.17, 15) is 4.79 Å². The minimum atomic E-state index is 0.310. The summed E-state index contributed by atoms with van der Waals surface area (Å²) in [5.74, 6) is 1.67. The van der Waals surface area contributed by atoms with Gasteiger partial charge in [0.1, 0.15) is 6.29 Å². The molecule has 1 saturated carbocycles. The van der Waals surface area contributed by atoms with E-state index in [4.69, 9.17) is 0 Å². The lowest BCUT2D eigenvalue weighted by atomic mass is 9.70. The van der Waals surface area contributed by atoms with E-state index < -0.39 is 0 Å². The normalized spacial score (nSPS) is 26.9. The topological polar surface area (TPSA) is 17.1 Å². The van der Waals surface area contributed by atoms with Crippen molar-refractivity contribution in [3.8, 4) is 0 Å². The molecule has 1 heteroatoms. The molecule has 1 aliphatic rings. The molecule has 1 aromatic carbocycles. The van der Waals surface area contributed by atoms with Crippen molar-refractivity contribution < 1.29 is 4.79 Å². The van der Waals surface area contributed by atoms with Crippen molar-refractivity contribution in [3.05, 3.63) is 35.9 Å². The van der Waals surface area contributed by atoms with Crippen LogP contribution in [0.5, 0.6) is 0 Å². The smallest absolute Gasteiger partial charge is 0.123 e. The average Bonchev–Trinajstić information content (AvgIpc) is 2.49. The van der Waals surface area contributed by atoms with Gasteiger partial charge in [-0.1, -0.05) is 57.5 Å². The number of carbonyl (C=O) groups is 1. The van der Waals surface area contributed by atoms with Gasteiger partial charge < -0.3 is 4.79 Å². The van der Waals surface area contributed by atoms with Crippen LogP contribution in [0.4, 0.5) is 0 Å². The predicted octanol–water partition coefficient (Wildman–Crippen LogP) is 4.82. The molecule has 1 aliphatic carbocycles. The first-order valence-corrected chi connectivity index (χ1v) is 7.35. The van der Waals surface area contributed by atoms with Crippen molar-refractivity contribution in [1.82, 2.24) is 0 Å². The van der Waals surface area contributed by atoms with Crippen LogP contribution in [0.25, 0.3) is 0 Å². The molecule has 0 N–H and O–H groups in total. The maximum Gasteiger partial charge on any atom is 0.123 e. The quantitative estimate of drug-likeness (QED) is 0.699. The molecule has 1 aromatic rings. The van der Waals surface area contributed by atoms with E-state index in [2.05, 4.69) is 37.3 Å². The number of hydrogen-bond acceptors (Lipinski definition) is 1. The van der Waals surface area contributed by atoms with Crippen molar-refractivity contribution in [2.75, 3.05) is 0 Å². The second kappa shape index (κ2) is 8.07. The number of hydrogen-bond donors (Lipinski definition) is 0. The van der Waals surface area contributed by atoms with Crippen molar-refractivity contribution in [2.45, 2.75) is 52.4 Å². The van der Waals surface area contributed by atoms with E-state index >= 15 is 0 Å².